The highest BCUT2D eigenvalue weighted by molar-refractivity contribution is 9.10. The van der Waals surface area contributed by atoms with Crippen molar-refractivity contribution in [2.24, 2.45) is 5.92 Å². The van der Waals surface area contributed by atoms with E-state index in [0.29, 0.717) is 16.3 Å². The first-order chi connectivity index (χ1) is 15.7. The number of carbonyl (C=O) groups excluding carboxylic acids is 3. The van der Waals surface area contributed by atoms with E-state index in [4.69, 9.17) is 16.3 Å². The molecule has 0 fully saturated rings. The van der Waals surface area contributed by atoms with E-state index in [1.807, 2.05) is 6.92 Å². The Morgan fingerprint density at radius 2 is 2.06 bits per heavy atom. The molecular formula is C23H19BrClN3O4S. The quantitative estimate of drug-likeness (QED) is 0.406. The molecule has 10 heteroatoms. The first-order valence-corrected chi connectivity index (χ1v) is 11.9. The minimum absolute atomic E-state index is 0.0686. The number of halogens is 2. The second-order valence-electron chi connectivity index (χ2n) is 7.17. The first-order valence-electron chi connectivity index (χ1n) is 9.72. The summed E-state index contributed by atoms with van der Waals surface area (Å²) in [5, 5.41) is 16.0. The number of esters is 1. The van der Waals surface area contributed by atoms with Gasteiger partial charge in [0.15, 0.2) is 0 Å². The average molecular weight is 549 g/mol. The third kappa shape index (κ3) is 5.77. The van der Waals surface area contributed by atoms with Gasteiger partial charge in [-0.25, -0.2) is 0 Å². The number of thioether (sulfide) groups is 1. The normalized spacial score (nSPS) is 17.7. The van der Waals surface area contributed by atoms with Gasteiger partial charge in [-0.2, -0.15) is 5.26 Å². The van der Waals surface area contributed by atoms with E-state index in [1.54, 1.807) is 42.5 Å². The topological polar surface area (TPSA) is 108 Å². The molecule has 0 bridgehead atoms. The molecule has 33 heavy (non-hydrogen) atoms. The molecule has 2 aromatic carbocycles. The number of nitrogens with zero attached hydrogens (tertiary/aromatic N) is 1. The number of carbonyl (C=O) groups is 3. The van der Waals surface area contributed by atoms with Crippen molar-refractivity contribution in [3.05, 3.63) is 73.7 Å². The fraction of sp³-hybridized carbons (Fsp3) is 0.217. The van der Waals surface area contributed by atoms with Crippen LogP contribution in [0.25, 0.3) is 0 Å². The van der Waals surface area contributed by atoms with Crippen molar-refractivity contribution in [3.8, 4) is 6.07 Å². The summed E-state index contributed by atoms with van der Waals surface area (Å²) in [6, 6.07) is 14.3. The molecule has 0 saturated carbocycles. The maximum absolute atomic E-state index is 12.9. The molecule has 2 aromatic rings. The van der Waals surface area contributed by atoms with Gasteiger partial charge in [0.05, 0.1) is 29.5 Å². The van der Waals surface area contributed by atoms with Gasteiger partial charge in [0, 0.05) is 21.1 Å². The Bertz CT molecular complexity index is 1190. The molecule has 170 valence electrons. The number of anilines is 1. The Labute approximate surface area is 208 Å². The van der Waals surface area contributed by atoms with Crippen LogP contribution in [0.5, 0.6) is 0 Å². The Balaban J connectivity index is 1.90. The largest absolute Gasteiger partial charge is 0.468 e. The van der Waals surface area contributed by atoms with Crippen LogP contribution < -0.4 is 10.6 Å². The van der Waals surface area contributed by atoms with Crippen LogP contribution in [0.15, 0.2) is 57.5 Å². The molecule has 1 aliphatic heterocycles. The lowest BCUT2D eigenvalue weighted by Gasteiger charge is -2.31. The molecule has 2 atom stereocenters. The number of hydrogen-bond acceptors (Lipinski definition) is 6. The van der Waals surface area contributed by atoms with Gasteiger partial charge in [-0.3, -0.25) is 14.4 Å². The second kappa shape index (κ2) is 10.9. The molecule has 0 saturated heterocycles. The molecule has 0 unspecified atom stereocenters. The Morgan fingerprint density at radius 1 is 1.30 bits per heavy atom. The minimum atomic E-state index is -1.23. The first kappa shape index (κ1) is 24.8. The van der Waals surface area contributed by atoms with E-state index < -0.39 is 23.7 Å². The lowest BCUT2D eigenvalue weighted by atomic mass is 9.78. The van der Waals surface area contributed by atoms with Crippen LogP contribution >= 0.6 is 39.3 Å². The molecule has 2 amide bonds. The van der Waals surface area contributed by atoms with Crippen LogP contribution in [-0.4, -0.2) is 30.6 Å². The summed E-state index contributed by atoms with van der Waals surface area (Å²) < 4.78 is 5.56. The van der Waals surface area contributed by atoms with E-state index in [2.05, 4.69) is 32.6 Å². The van der Waals surface area contributed by atoms with Crippen LogP contribution in [0, 0.1) is 24.2 Å². The fourth-order valence-electron chi connectivity index (χ4n) is 3.43. The van der Waals surface area contributed by atoms with Crippen molar-refractivity contribution in [1.29, 1.82) is 5.26 Å². The summed E-state index contributed by atoms with van der Waals surface area (Å²) in [5.74, 6) is -3.83. The van der Waals surface area contributed by atoms with Crippen molar-refractivity contribution >= 4 is 62.8 Å². The van der Waals surface area contributed by atoms with Crippen LogP contribution in [0.4, 0.5) is 5.69 Å². The number of ether oxygens (including phenoxy) is 1. The predicted molar refractivity (Wildman–Crippen MR) is 130 cm³/mol. The smallest absolute Gasteiger partial charge is 0.319 e. The van der Waals surface area contributed by atoms with Crippen LogP contribution in [-0.2, 0) is 19.1 Å². The summed E-state index contributed by atoms with van der Waals surface area (Å²) in [6.45, 7) is 1.84. The molecule has 0 spiro atoms. The maximum Gasteiger partial charge on any atom is 0.319 e. The molecule has 7 nitrogen and oxygen atoms in total. The van der Waals surface area contributed by atoms with Gasteiger partial charge in [-0.15, -0.1) is 0 Å². The van der Waals surface area contributed by atoms with Crippen LogP contribution in [0.3, 0.4) is 0 Å². The van der Waals surface area contributed by atoms with E-state index in [-0.39, 0.29) is 22.3 Å². The molecular weight excluding hydrogens is 530 g/mol. The second-order valence-corrected chi connectivity index (χ2v) is 9.51. The van der Waals surface area contributed by atoms with E-state index in [1.165, 1.54) is 7.11 Å². The summed E-state index contributed by atoms with van der Waals surface area (Å²) in [7, 11) is 1.19. The van der Waals surface area contributed by atoms with Gasteiger partial charge in [0.1, 0.15) is 5.92 Å². The number of methoxy groups -OCH3 is 1. The minimum Gasteiger partial charge on any atom is -0.468 e. The fourth-order valence-corrected chi connectivity index (χ4v) is 4.87. The molecule has 1 aliphatic rings. The zero-order valence-corrected chi connectivity index (χ0v) is 20.8. The van der Waals surface area contributed by atoms with Crippen molar-refractivity contribution in [2.75, 3.05) is 18.2 Å². The number of benzene rings is 2. The van der Waals surface area contributed by atoms with Gasteiger partial charge in [-0.1, -0.05) is 57.5 Å². The average Bonchev–Trinajstić information content (AvgIpc) is 2.79. The predicted octanol–water partition coefficient (Wildman–Crippen LogP) is 4.52. The summed E-state index contributed by atoms with van der Waals surface area (Å²) in [6.07, 6.45) is 0. The lowest BCUT2D eigenvalue weighted by molar-refractivity contribution is -0.150. The Morgan fingerprint density at radius 3 is 2.73 bits per heavy atom. The molecule has 0 aliphatic carbocycles. The van der Waals surface area contributed by atoms with Gasteiger partial charge in [0.25, 0.3) is 0 Å². The number of allylic oxidation sites excluding steroid dienone is 1. The lowest BCUT2D eigenvalue weighted by Crippen LogP contribution is -2.44. The van der Waals surface area contributed by atoms with Gasteiger partial charge >= 0.3 is 5.97 Å². The summed E-state index contributed by atoms with van der Waals surface area (Å²) in [4.78, 5) is 37.8. The molecule has 2 N–H and O–H groups in total. The van der Waals surface area contributed by atoms with Crippen molar-refractivity contribution in [1.82, 2.24) is 5.32 Å². The molecule has 0 radical (unpaired) electrons. The number of amides is 2. The van der Waals surface area contributed by atoms with Gasteiger partial charge in [-0.05, 0) is 42.3 Å². The zero-order chi connectivity index (χ0) is 24.1. The highest BCUT2D eigenvalue weighted by Crippen LogP contribution is 2.40. The Kier molecular flexibility index (Phi) is 8.19. The summed E-state index contributed by atoms with van der Waals surface area (Å²) >= 11 is 10.4. The zero-order valence-electron chi connectivity index (χ0n) is 17.6. The number of hydrogen-bond donors (Lipinski definition) is 2. The van der Waals surface area contributed by atoms with Crippen molar-refractivity contribution in [2.45, 2.75) is 12.8 Å². The van der Waals surface area contributed by atoms with Gasteiger partial charge < -0.3 is 15.4 Å². The molecule has 3 rings (SSSR count). The standard InChI is InChI=1S/C23H19BrClN3O4S/c1-12-6-7-15(25)9-17(12)27-18(29)11-33-22-16(10-26)19(13-4-3-5-14(24)8-13)20(21(30)28-22)23(31)32-2/h3-9,19-20H,11H2,1-2H3,(H,27,29)(H,28,30)/t19-,20-/m1/s1. The van der Waals surface area contributed by atoms with Crippen molar-refractivity contribution < 1.29 is 19.1 Å². The van der Waals surface area contributed by atoms with Crippen LogP contribution in [0.1, 0.15) is 17.0 Å². The number of nitriles is 1. The Hall–Kier alpha value is -2.80. The number of rotatable bonds is 6. The highest BCUT2D eigenvalue weighted by Gasteiger charge is 2.44. The number of aryl methyl sites for hydroxylation is 1. The monoisotopic (exact) mass is 547 g/mol. The van der Waals surface area contributed by atoms with Gasteiger partial charge in [0.2, 0.25) is 11.8 Å². The number of nitrogens with one attached hydrogen (secondary N) is 2. The van der Waals surface area contributed by atoms with Crippen molar-refractivity contribution in [3.63, 3.8) is 0 Å². The van der Waals surface area contributed by atoms with Crippen LogP contribution in [0.2, 0.25) is 5.02 Å². The van der Waals surface area contributed by atoms with E-state index >= 15 is 0 Å². The van der Waals surface area contributed by atoms with E-state index in [0.717, 1.165) is 21.8 Å². The highest BCUT2D eigenvalue weighted by atomic mass is 79.9. The third-order valence-electron chi connectivity index (χ3n) is 5.01. The molecule has 1 heterocycles. The van der Waals surface area contributed by atoms with E-state index in [9.17, 15) is 19.6 Å². The third-order valence-corrected chi connectivity index (χ3v) is 6.76. The SMILES string of the molecule is COC(=O)[C@H]1C(=O)NC(SCC(=O)Nc2cc(Cl)ccc2C)=C(C#N)[C@H]1c1cccc(Br)c1. The maximum atomic E-state index is 12.9. The molecule has 0 aromatic heterocycles. The summed E-state index contributed by atoms with van der Waals surface area (Å²) in [5.41, 5.74) is 2.20.